The summed E-state index contributed by atoms with van der Waals surface area (Å²) in [4.78, 5) is 28.1. The highest BCUT2D eigenvalue weighted by molar-refractivity contribution is 7.99. The Labute approximate surface area is 177 Å². The van der Waals surface area contributed by atoms with E-state index in [1.165, 1.54) is 5.56 Å². The lowest BCUT2D eigenvalue weighted by Gasteiger charge is -2.28. The maximum Gasteiger partial charge on any atom is 0.242 e. The second-order valence-electron chi connectivity index (χ2n) is 6.85. The lowest BCUT2D eigenvalue weighted by atomic mass is 10.1. The summed E-state index contributed by atoms with van der Waals surface area (Å²) >= 11 is 1.65. The van der Waals surface area contributed by atoms with E-state index < -0.39 is 6.04 Å². The minimum absolute atomic E-state index is 0.0285. The number of nitrogens with zero attached hydrogens (tertiary/aromatic N) is 1. The van der Waals surface area contributed by atoms with E-state index in [2.05, 4.69) is 36.5 Å². The molecule has 1 atom stereocenters. The number of carbonyl (C=O) groups excluding carboxylic acids is 2. The molecule has 6 heteroatoms. The maximum absolute atomic E-state index is 13.0. The number of benzene rings is 2. The van der Waals surface area contributed by atoms with Crippen molar-refractivity contribution in [3.8, 4) is 5.75 Å². The molecule has 0 saturated carbocycles. The summed E-state index contributed by atoms with van der Waals surface area (Å²) < 4.78 is 5.19. The molecule has 0 bridgehead atoms. The monoisotopic (exact) mass is 414 g/mol. The van der Waals surface area contributed by atoms with Gasteiger partial charge in [0.05, 0.1) is 7.11 Å². The van der Waals surface area contributed by atoms with Crippen LogP contribution >= 0.6 is 11.8 Å². The van der Waals surface area contributed by atoms with E-state index in [-0.39, 0.29) is 11.8 Å². The Morgan fingerprint density at radius 1 is 1.10 bits per heavy atom. The third-order valence-electron chi connectivity index (χ3n) is 4.64. The highest BCUT2D eigenvalue weighted by atomic mass is 32.2. The lowest BCUT2D eigenvalue weighted by molar-refractivity contribution is -0.140. The fourth-order valence-electron chi connectivity index (χ4n) is 2.87. The zero-order chi connectivity index (χ0) is 21.2. The Morgan fingerprint density at radius 2 is 1.76 bits per heavy atom. The Kier molecular flexibility index (Phi) is 9.06. The van der Waals surface area contributed by atoms with Crippen molar-refractivity contribution in [1.29, 1.82) is 0 Å². The van der Waals surface area contributed by atoms with Crippen LogP contribution in [0.1, 0.15) is 31.4 Å². The molecule has 0 spiro atoms. The predicted molar refractivity (Wildman–Crippen MR) is 118 cm³/mol. The van der Waals surface area contributed by atoms with E-state index in [0.717, 1.165) is 16.2 Å². The molecule has 2 rings (SSSR count). The van der Waals surface area contributed by atoms with Crippen LogP contribution in [0.2, 0.25) is 0 Å². The van der Waals surface area contributed by atoms with Gasteiger partial charge in [0.15, 0.2) is 0 Å². The van der Waals surface area contributed by atoms with Crippen LogP contribution in [-0.2, 0) is 16.1 Å². The van der Waals surface area contributed by atoms with E-state index in [1.54, 1.807) is 30.7 Å². The molecule has 0 heterocycles. The summed E-state index contributed by atoms with van der Waals surface area (Å²) in [6.07, 6.45) is 0.373. The van der Waals surface area contributed by atoms with Crippen LogP contribution in [0.3, 0.4) is 0 Å². The fraction of sp³-hybridized carbons (Fsp3) is 0.391. The molecular weight excluding hydrogens is 384 g/mol. The van der Waals surface area contributed by atoms with Crippen molar-refractivity contribution in [1.82, 2.24) is 10.2 Å². The van der Waals surface area contributed by atoms with Crippen LogP contribution in [0.5, 0.6) is 5.75 Å². The van der Waals surface area contributed by atoms with Gasteiger partial charge in [-0.15, -0.1) is 11.8 Å². The van der Waals surface area contributed by atoms with Gasteiger partial charge < -0.3 is 15.0 Å². The molecular formula is C23H30N2O3S. The molecule has 0 aliphatic heterocycles. The molecule has 0 radical (unpaired) electrons. The van der Waals surface area contributed by atoms with E-state index in [0.29, 0.717) is 25.3 Å². The number of methoxy groups -OCH3 is 1. The molecule has 156 valence electrons. The smallest absolute Gasteiger partial charge is 0.242 e. The summed E-state index contributed by atoms with van der Waals surface area (Å²) in [6, 6.07) is 15.3. The van der Waals surface area contributed by atoms with Gasteiger partial charge in [-0.2, -0.15) is 0 Å². The topological polar surface area (TPSA) is 58.6 Å². The molecule has 2 amide bonds. The van der Waals surface area contributed by atoms with Gasteiger partial charge in [0, 0.05) is 30.2 Å². The highest BCUT2D eigenvalue weighted by Crippen LogP contribution is 2.21. The van der Waals surface area contributed by atoms with Crippen molar-refractivity contribution in [3.63, 3.8) is 0 Å². The standard InChI is InChI=1S/C23H30N2O3S/c1-5-24-23(27)18(3)25(16-19-8-10-20(28-4)11-9-19)22(26)14-15-29-21-12-6-17(2)7-13-21/h6-13,18H,5,14-16H2,1-4H3,(H,24,27). The SMILES string of the molecule is CCNC(=O)C(C)N(Cc1ccc(OC)cc1)C(=O)CCSc1ccc(C)cc1. The zero-order valence-electron chi connectivity index (χ0n) is 17.6. The molecule has 1 N–H and O–H groups in total. The third-order valence-corrected chi connectivity index (χ3v) is 5.65. The molecule has 1 unspecified atom stereocenters. The van der Waals surface area contributed by atoms with Gasteiger partial charge in [-0.3, -0.25) is 9.59 Å². The number of thioether (sulfide) groups is 1. The van der Waals surface area contributed by atoms with Gasteiger partial charge in [0.2, 0.25) is 11.8 Å². The maximum atomic E-state index is 13.0. The van der Waals surface area contributed by atoms with Crippen LogP contribution in [0.25, 0.3) is 0 Å². The third kappa shape index (κ3) is 7.13. The Bertz CT molecular complexity index is 791. The van der Waals surface area contributed by atoms with E-state index in [1.807, 2.05) is 31.2 Å². The molecule has 5 nitrogen and oxygen atoms in total. The first-order valence-electron chi connectivity index (χ1n) is 9.84. The van der Waals surface area contributed by atoms with E-state index in [9.17, 15) is 9.59 Å². The van der Waals surface area contributed by atoms with Crippen LogP contribution in [0.4, 0.5) is 0 Å². The van der Waals surface area contributed by atoms with Crippen LogP contribution in [0.15, 0.2) is 53.4 Å². The van der Waals surface area contributed by atoms with Crippen molar-refractivity contribution in [2.75, 3.05) is 19.4 Å². The van der Waals surface area contributed by atoms with E-state index >= 15 is 0 Å². The summed E-state index contributed by atoms with van der Waals surface area (Å²) in [5, 5.41) is 2.81. The largest absolute Gasteiger partial charge is 0.497 e. The van der Waals surface area contributed by atoms with Gasteiger partial charge in [0.25, 0.3) is 0 Å². The Hall–Kier alpha value is -2.47. The number of nitrogens with one attached hydrogen (secondary N) is 1. The Morgan fingerprint density at radius 3 is 2.34 bits per heavy atom. The molecule has 0 aromatic heterocycles. The van der Waals surface area contributed by atoms with Crippen molar-refractivity contribution >= 4 is 23.6 Å². The Balaban J connectivity index is 2.04. The zero-order valence-corrected chi connectivity index (χ0v) is 18.4. The van der Waals surface area contributed by atoms with Crippen LogP contribution < -0.4 is 10.1 Å². The van der Waals surface area contributed by atoms with Crippen molar-refractivity contribution < 1.29 is 14.3 Å². The first kappa shape index (κ1) is 22.8. The lowest BCUT2D eigenvalue weighted by Crippen LogP contribution is -2.47. The molecule has 0 aliphatic rings. The minimum Gasteiger partial charge on any atom is -0.497 e. The summed E-state index contributed by atoms with van der Waals surface area (Å²) in [6.45, 7) is 6.63. The van der Waals surface area contributed by atoms with Crippen molar-refractivity contribution in [2.45, 2.75) is 44.7 Å². The average molecular weight is 415 g/mol. The first-order valence-corrected chi connectivity index (χ1v) is 10.8. The number of hydrogen-bond donors (Lipinski definition) is 1. The van der Waals surface area contributed by atoms with Gasteiger partial charge >= 0.3 is 0 Å². The van der Waals surface area contributed by atoms with Gasteiger partial charge in [-0.25, -0.2) is 0 Å². The van der Waals surface area contributed by atoms with Gasteiger partial charge in [0.1, 0.15) is 11.8 Å². The average Bonchev–Trinajstić information content (AvgIpc) is 2.73. The second-order valence-corrected chi connectivity index (χ2v) is 8.02. The number of rotatable bonds is 10. The number of carbonyl (C=O) groups is 2. The fourth-order valence-corrected chi connectivity index (χ4v) is 3.71. The predicted octanol–water partition coefficient (Wildman–Crippen LogP) is 4.04. The normalized spacial score (nSPS) is 11.6. The van der Waals surface area contributed by atoms with Crippen molar-refractivity contribution in [2.24, 2.45) is 0 Å². The quantitative estimate of drug-likeness (QED) is 0.596. The van der Waals surface area contributed by atoms with Crippen LogP contribution in [-0.4, -0.2) is 42.2 Å². The van der Waals surface area contributed by atoms with Crippen molar-refractivity contribution in [3.05, 3.63) is 59.7 Å². The van der Waals surface area contributed by atoms with Gasteiger partial charge in [-0.1, -0.05) is 29.8 Å². The van der Waals surface area contributed by atoms with E-state index in [4.69, 9.17) is 4.74 Å². The number of ether oxygens (including phenoxy) is 1. The first-order chi connectivity index (χ1) is 13.9. The second kappa shape index (κ2) is 11.5. The number of amides is 2. The number of hydrogen-bond acceptors (Lipinski definition) is 4. The van der Waals surface area contributed by atoms with Gasteiger partial charge in [-0.05, 0) is 50.6 Å². The summed E-state index contributed by atoms with van der Waals surface area (Å²) in [7, 11) is 1.62. The summed E-state index contributed by atoms with van der Waals surface area (Å²) in [5.41, 5.74) is 2.17. The summed E-state index contributed by atoms with van der Waals surface area (Å²) in [5.74, 6) is 1.26. The van der Waals surface area contributed by atoms with Crippen LogP contribution in [0, 0.1) is 6.92 Å². The number of aryl methyl sites for hydroxylation is 1. The molecule has 0 fully saturated rings. The molecule has 2 aromatic carbocycles. The number of likely N-dealkylation sites (N-methyl/N-ethyl adjacent to an activating group) is 1. The molecule has 29 heavy (non-hydrogen) atoms. The minimum atomic E-state index is -0.533. The molecule has 0 aliphatic carbocycles. The molecule has 2 aromatic rings. The molecule has 0 saturated heterocycles. The highest BCUT2D eigenvalue weighted by Gasteiger charge is 2.25.